The smallest absolute Gasteiger partial charge is 0.264 e. The zero-order chi connectivity index (χ0) is 37.6. The van der Waals surface area contributed by atoms with Crippen molar-refractivity contribution in [2.24, 2.45) is 11.5 Å². The number of likely N-dealkylation sites (tertiary alicyclic amines) is 2. The van der Waals surface area contributed by atoms with E-state index in [-0.39, 0.29) is 28.9 Å². The first-order chi connectivity index (χ1) is 25.4. The molecule has 7 N–H and O–H groups in total. The predicted molar refractivity (Wildman–Crippen MR) is 202 cm³/mol. The first-order valence-corrected chi connectivity index (χ1v) is 18.5. The highest BCUT2D eigenvalue weighted by molar-refractivity contribution is 7.21. The predicted octanol–water partition coefficient (Wildman–Crippen LogP) is 4.55. The van der Waals surface area contributed by atoms with E-state index in [1.807, 2.05) is 49.4 Å². The number of hydrogen-bond donors (Lipinski definition) is 4. The first-order valence-electron chi connectivity index (χ1n) is 17.7. The highest BCUT2D eigenvalue weighted by atomic mass is 32.1. The SMILES string of the molecule is CC(=O)N1CCC[C@@H]1/C=C(\C#N)C(=O)N1CCC[C@@H](NC(=O)c2sc3c(N)ccc4c3c2C(N)C(=O)C4(N)c2ccc(Oc3ccccc3)cc2C)C1. The van der Waals surface area contributed by atoms with Gasteiger partial charge in [0.2, 0.25) is 5.91 Å². The third kappa shape index (κ3) is 6.33. The van der Waals surface area contributed by atoms with Crippen molar-refractivity contribution in [3.8, 4) is 17.6 Å². The van der Waals surface area contributed by atoms with Gasteiger partial charge in [-0.05, 0) is 85.7 Å². The van der Waals surface area contributed by atoms with Gasteiger partial charge in [-0.1, -0.05) is 30.3 Å². The minimum absolute atomic E-state index is 0.0181. The standard InChI is InChI=1S/C40H41N7O5S/c1-22-18-28(52-27-10-4-3-5-11-27)12-13-29(22)40(44)30-14-15-31(42)35-32(30)33(34(43)37(40)49)36(53-35)38(50)45-25-8-6-16-46(21-25)39(51)24(20-41)19-26-9-7-17-47(26)23(2)48/h3-5,10-15,18-19,25-26,34H,6-9,16-17,21,42-44H2,1-2H3,(H,45,50)/b24-19+/t25-,26-,34?,40?/m1/s1. The maximum absolute atomic E-state index is 14.4. The molecule has 0 saturated carbocycles. The van der Waals surface area contributed by atoms with Crippen LogP contribution < -0.4 is 27.3 Å². The molecule has 13 heteroatoms. The second kappa shape index (κ2) is 14.1. The number of nitrogens with two attached hydrogens (primary N) is 3. The number of anilines is 1. The topological polar surface area (TPSA) is 198 Å². The first kappa shape index (κ1) is 35.8. The lowest BCUT2D eigenvalue weighted by molar-refractivity contribution is -0.130. The molecule has 3 amide bonds. The fraction of sp³-hybridized carbons (Fsp3) is 0.325. The minimum Gasteiger partial charge on any atom is -0.457 e. The Balaban J connectivity index is 1.16. The second-order valence-electron chi connectivity index (χ2n) is 14.0. The van der Waals surface area contributed by atoms with Crippen molar-refractivity contribution in [2.75, 3.05) is 25.4 Å². The van der Waals surface area contributed by atoms with Gasteiger partial charge < -0.3 is 37.1 Å². The number of ketones is 1. The number of ether oxygens (including phenoxy) is 1. The molecule has 3 aliphatic rings. The fourth-order valence-corrected chi connectivity index (χ4v) is 9.20. The molecule has 2 saturated heterocycles. The molecule has 1 aliphatic carbocycles. The van der Waals surface area contributed by atoms with Gasteiger partial charge in [0.05, 0.1) is 21.7 Å². The van der Waals surface area contributed by atoms with Crippen LogP contribution in [0.1, 0.15) is 70.6 Å². The van der Waals surface area contributed by atoms with E-state index in [1.165, 1.54) is 6.92 Å². The summed E-state index contributed by atoms with van der Waals surface area (Å²) in [5, 5.41) is 13.5. The molecular weight excluding hydrogens is 691 g/mol. The van der Waals surface area contributed by atoms with Crippen molar-refractivity contribution in [1.29, 1.82) is 5.26 Å². The molecule has 4 atom stereocenters. The summed E-state index contributed by atoms with van der Waals surface area (Å²) in [6.07, 6.45) is 4.29. The summed E-state index contributed by atoms with van der Waals surface area (Å²) in [5.74, 6) is -0.166. The number of benzene rings is 3. The van der Waals surface area contributed by atoms with Crippen molar-refractivity contribution in [1.82, 2.24) is 15.1 Å². The number of rotatable bonds is 7. The van der Waals surface area contributed by atoms with Crippen molar-refractivity contribution in [3.63, 3.8) is 0 Å². The van der Waals surface area contributed by atoms with Gasteiger partial charge in [0.25, 0.3) is 11.8 Å². The molecule has 1 aromatic heterocycles. The number of piperidine rings is 1. The average molecular weight is 732 g/mol. The highest BCUT2D eigenvalue weighted by Crippen LogP contribution is 2.50. The van der Waals surface area contributed by atoms with Gasteiger partial charge >= 0.3 is 0 Å². The van der Waals surface area contributed by atoms with Crippen LogP contribution >= 0.6 is 11.3 Å². The Bertz CT molecular complexity index is 2230. The van der Waals surface area contributed by atoms with Crippen LogP contribution in [0.15, 0.2) is 72.3 Å². The average Bonchev–Trinajstić information content (AvgIpc) is 3.79. The maximum atomic E-state index is 14.4. The molecule has 272 valence electrons. The molecule has 0 spiro atoms. The number of nitrogens with one attached hydrogen (secondary N) is 1. The Labute approximate surface area is 311 Å². The molecule has 3 aromatic carbocycles. The molecule has 7 rings (SSSR count). The van der Waals surface area contributed by atoms with Crippen molar-refractivity contribution in [3.05, 3.63) is 99.4 Å². The maximum Gasteiger partial charge on any atom is 0.264 e. The van der Waals surface area contributed by atoms with Gasteiger partial charge in [-0.2, -0.15) is 5.26 Å². The normalized spacial score (nSPS) is 22.8. The van der Waals surface area contributed by atoms with E-state index < -0.39 is 35.2 Å². The number of Topliss-reactive ketones (excluding diaryl/α,β-unsaturated/α-hetero) is 1. The van der Waals surface area contributed by atoms with Crippen LogP contribution in [0.2, 0.25) is 0 Å². The van der Waals surface area contributed by atoms with E-state index >= 15 is 0 Å². The van der Waals surface area contributed by atoms with Crippen LogP contribution in [-0.4, -0.2) is 65.0 Å². The molecule has 53 heavy (non-hydrogen) atoms. The number of nitrogen functional groups attached to an aromatic ring is 1. The number of para-hydroxylation sites is 1. The minimum atomic E-state index is -1.63. The highest BCUT2D eigenvalue weighted by Gasteiger charge is 2.49. The van der Waals surface area contributed by atoms with E-state index in [1.54, 1.807) is 40.1 Å². The zero-order valence-corrected chi connectivity index (χ0v) is 30.4. The Morgan fingerprint density at radius 3 is 2.49 bits per heavy atom. The van der Waals surface area contributed by atoms with Gasteiger partial charge in [0.1, 0.15) is 28.7 Å². The summed E-state index contributed by atoms with van der Waals surface area (Å²) >= 11 is 1.16. The third-order valence-corrected chi connectivity index (χ3v) is 11.8. The number of carbonyl (C=O) groups excluding carboxylic acids is 4. The Kier molecular flexibility index (Phi) is 9.54. The van der Waals surface area contributed by atoms with Crippen LogP contribution in [0.4, 0.5) is 5.69 Å². The molecule has 2 aliphatic heterocycles. The van der Waals surface area contributed by atoms with Crippen LogP contribution in [-0.2, 0) is 19.9 Å². The van der Waals surface area contributed by atoms with E-state index in [0.29, 0.717) is 76.3 Å². The van der Waals surface area contributed by atoms with Gasteiger partial charge in [-0.25, -0.2) is 0 Å². The summed E-state index contributed by atoms with van der Waals surface area (Å²) in [5.41, 5.74) is 21.3. The van der Waals surface area contributed by atoms with E-state index in [0.717, 1.165) is 23.3 Å². The third-order valence-electron chi connectivity index (χ3n) is 10.6. The van der Waals surface area contributed by atoms with Crippen LogP contribution in [0.25, 0.3) is 10.1 Å². The zero-order valence-electron chi connectivity index (χ0n) is 29.6. The molecular formula is C40H41N7O5S. The molecule has 12 nitrogen and oxygen atoms in total. The summed E-state index contributed by atoms with van der Waals surface area (Å²) in [6.45, 7) is 4.55. The summed E-state index contributed by atoms with van der Waals surface area (Å²) in [7, 11) is 0. The van der Waals surface area contributed by atoms with Crippen LogP contribution in [0.3, 0.4) is 0 Å². The van der Waals surface area contributed by atoms with Crippen LogP contribution in [0.5, 0.6) is 11.5 Å². The summed E-state index contributed by atoms with van der Waals surface area (Å²) in [6, 6.07) is 18.3. The van der Waals surface area contributed by atoms with Gasteiger partial charge in [0, 0.05) is 49.2 Å². The van der Waals surface area contributed by atoms with Gasteiger partial charge in [-0.3, -0.25) is 19.2 Å². The van der Waals surface area contributed by atoms with E-state index in [9.17, 15) is 24.4 Å². The van der Waals surface area contributed by atoms with Crippen LogP contribution in [0, 0.1) is 18.3 Å². The molecule has 0 bridgehead atoms. The van der Waals surface area contributed by atoms with Gasteiger partial charge in [0.15, 0.2) is 5.78 Å². The molecule has 2 fully saturated rings. The number of thiophene rings is 1. The lowest BCUT2D eigenvalue weighted by Crippen LogP contribution is -2.53. The summed E-state index contributed by atoms with van der Waals surface area (Å²) < 4.78 is 6.63. The number of nitrogens with zero attached hydrogens (tertiary/aromatic N) is 3. The molecule has 2 unspecified atom stereocenters. The van der Waals surface area contributed by atoms with E-state index in [4.69, 9.17) is 21.9 Å². The molecule has 4 aromatic rings. The van der Waals surface area contributed by atoms with E-state index in [2.05, 4.69) is 5.32 Å². The van der Waals surface area contributed by atoms with Crippen molar-refractivity contribution >= 4 is 50.6 Å². The Hall–Kier alpha value is -5.55. The number of aryl methyl sites for hydroxylation is 1. The fourth-order valence-electron chi connectivity index (χ4n) is 8.00. The number of amides is 3. The van der Waals surface area contributed by atoms with Gasteiger partial charge in [-0.15, -0.1) is 11.3 Å². The number of hydrogen-bond acceptors (Lipinski definition) is 10. The number of nitriles is 1. The molecule has 3 heterocycles. The van der Waals surface area contributed by atoms with Crippen molar-refractivity contribution in [2.45, 2.75) is 63.2 Å². The second-order valence-corrected chi connectivity index (χ2v) is 15.0. The lowest BCUT2D eigenvalue weighted by atomic mass is 9.69. The Morgan fingerprint density at radius 1 is 1.04 bits per heavy atom. The summed E-state index contributed by atoms with van der Waals surface area (Å²) in [4.78, 5) is 57.5. The lowest BCUT2D eigenvalue weighted by Gasteiger charge is -2.37. The largest absolute Gasteiger partial charge is 0.457 e. The molecule has 0 radical (unpaired) electrons. The van der Waals surface area contributed by atoms with Crippen molar-refractivity contribution < 1.29 is 23.9 Å². The number of carbonyl (C=O) groups is 4. The Morgan fingerprint density at radius 2 is 1.77 bits per heavy atom. The quantitative estimate of drug-likeness (QED) is 0.120. The monoisotopic (exact) mass is 731 g/mol.